The van der Waals surface area contributed by atoms with Crippen molar-refractivity contribution < 1.29 is 9.53 Å². The Labute approximate surface area is 83.9 Å². The van der Waals surface area contributed by atoms with Crippen LogP contribution in [0.5, 0.6) is 0 Å². The van der Waals surface area contributed by atoms with Crippen LogP contribution in [0.1, 0.15) is 18.4 Å². The van der Waals surface area contributed by atoms with E-state index in [0.717, 1.165) is 25.5 Å². The van der Waals surface area contributed by atoms with Gasteiger partial charge in [-0.15, -0.1) is 0 Å². The van der Waals surface area contributed by atoms with Gasteiger partial charge in [0.05, 0.1) is 6.10 Å². The van der Waals surface area contributed by atoms with Crippen molar-refractivity contribution in [3.63, 3.8) is 0 Å². The van der Waals surface area contributed by atoms with Crippen LogP contribution in [0.3, 0.4) is 0 Å². The molecule has 2 rings (SSSR count). The summed E-state index contributed by atoms with van der Waals surface area (Å²) in [7, 11) is 0. The van der Waals surface area contributed by atoms with Gasteiger partial charge in [0.1, 0.15) is 12.4 Å². The van der Waals surface area contributed by atoms with Crippen LogP contribution in [0, 0.1) is 0 Å². The average molecular weight is 190 g/mol. The Bertz CT molecular complexity index is 294. The van der Waals surface area contributed by atoms with E-state index in [1.165, 1.54) is 5.56 Å². The fraction of sp³-hybridized carbons (Fsp3) is 0.417. The van der Waals surface area contributed by atoms with Crippen LogP contribution < -0.4 is 0 Å². The summed E-state index contributed by atoms with van der Waals surface area (Å²) in [6, 6.07) is 10.3. The van der Waals surface area contributed by atoms with Crippen LogP contribution in [-0.2, 0) is 16.0 Å². The van der Waals surface area contributed by atoms with E-state index in [9.17, 15) is 4.79 Å². The van der Waals surface area contributed by atoms with Crippen molar-refractivity contribution in [2.45, 2.75) is 31.5 Å². The molecule has 0 aromatic heterocycles. The van der Waals surface area contributed by atoms with Crippen LogP contribution >= 0.6 is 0 Å². The fourth-order valence-electron chi connectivity index (χ4n) is 1.86. The SMILES string of the molecule is O=CC1CCC(Cc2ccccc2)O1. The standard InChI is InChI=1S/C12H14O2/c13-9-12-7-6-11(14-12)8-10-4-2-1-3-5-10/h1-5,9,11-12H,6-8H2. The molecule has 1 aromatic rings. The molecule has 1 aromatic carbocycles. The maximum atomic E-state index is 10.5. The van der Waals surface area contributed by atoms with E-state index >= 15 is 0 Å². The predicted octanol–water partition coefficient (Wildman–Crippen LogP) is 1.98. The molecule has 2 heteroatoms. The van der Waals surface area contributed by atoms with Gasteiger partial charge in [-0.05, 0) is 24.8 Å². The maximum absolute atomic E-state index is 10.5. The number of benzene rings is 1. The van der Waals surface area contributed by atoms with Crippen LogP contribution in [0.25, 0.3) is 0 Å². The lowest BCUT2D eigenvalue weighted by molar-refractivity contribution is -0.117. The van der Waals surface area contributed by atoms with Crippen LogP contribution in [0.4, 0.5) is 0 Å². The van der Waals surface area contributed by atoms with Gasteiger partial charge in [-0.25, -0.2) is 0 Å². The van der Waals surface area contributed by atoms with E-state index in [4.69, 9.17) is 4.74 Å². The van der Waals surface area contributed by atoms with Gasteiger partial charge in [0, 0.05) is 0 Å². The van der Waals surface area contributed by atoms with Crippen molar-refractivity contribution >= 4 is 6.29 Å². The molecule has 0 aliphatic carbocycles. The first kappa shape index (κ1) is 9.41. The van der Waals surface area contributed by atoms with Gasteiger partial charge in [0.25, 0.3) is 0 Å². The first-order valence-electron chi connectivity index (χ1n) is 5.03. The molecule has 0 N–H and O–H groups in total. The molecule has 1 fully saturated rings. The van der Waals surface area contributed by atoms with Gasteiger partial charge in [0.2, 0.25) is 0 Å². The molecule has 14 heavy (non-hydrogen) atoms. The van der Waals surface area contributed by atoms with E-state index in [1.807, 2.05) is 18.2 Å². The fourth-order valence-corrected chi connectivity index (χ4v) is 1.86. The zero-order valence-corrected chi connectivity index (χ0v) is 8.06. The van der Waals surface area contributed by atoms with E-state index in [2.05, 4.69) is 12.1 Å². The molecule has 0 bridgehead atoms. The van der Waals surface area contributed by atoms with Crippen LogP contribution in [0.2, 0.25) is 0 Å². The Morgan fingerprint density at radius 2 is 2.07 bits per heavy atom. The molecule has 0 saturated carbocycles. The Balaban J connectivity index is 1.90. The highest BCUT2D eigenvalue weighted by Crippen LogP contribution is 2.21. The monoisotopic (exact) mass is 190 g/mol. The Morgan fingerprint density at radius 1 is 1.29 bits per heavy atom. The summed E-state index contributed by atoms with van der Waals surface area (Å²) in [6.45, 7) is 0. The lowest BCUT2D eigenvalue weighted by Crippen LogP contribution is -2.14. The highest BCUT2D eigenvalue weighted by atomic mass is 16.5. The van der Waals surface area contributed by atoms with E-state index in [1.54, 1.807) is 0 Å². The number of hydrogen-bond acceptors (Lipinski definition) is 2. The normalized spacial score (nSPS) is 26.3. The lowest BCUT2D eigenvalue weighted by Gasteiger charge is -2.09. The second-order valence-electron chi connectivity index (χ2n) is 3.70. The molecular formula is C12H14O2. The van der Waals surface area contributed by atoms with Gasteiger partial charge in [-0.3, -0.25) is 0 Å². The molecule has 1 heterocycles. The quantitative estimate of drug-likeness (QED) is 0.681. The largest absolute Gasteiger partial charge is 0.367 e. The summed E-state index contributed by atoms with van der Waals surface area (Å²) in [4.78, 5) is 10.5. The first-order chi connectivity index (χ1) is 6.88. The second kappa shape index (κ2) is 4.38. The summed E-state index contributed by atoms with van der Waals surface area (Å²) in [5.74, 6) is 0. The third-order valence-corrected chi connectivity index (χ3v) is 2.60. The molecule has 0 spiro atoms. The van der Waals surface area contributed by atoms with Crippen molar-refractivity contribution in [1.29, 1.82) is 0 Å². The summed E-state index contributed by atoms with van der Waals surface area (Å²) in [5, 5.41) is 0. The molecule has 74 valence electrons. The lowest BCUT2D eigenvalue weighted by atomic mass is 10.1. The van der Waals surface area contributed by atoms with Crippen LogP contribution in [-0.4, -0.2) is 18.5 Å². The van der Waals surface area contributed by atoms with Crippen molar-refractivity contribution in [2.75, 3.05) is 0 Å². The minimum Gasteiger partial charge on any atom is -0.367 e. The number of aldehydes is 1. The van der Waals surface area contributed by atoms with Crippen molar-refractivity contribution in [2.24, 2.45) is 0 Å². The number of rotatable bonds is 3. The highest BCUT2D eigenvalue weighted by molar-refractivity contribution is 5.56. The summed E-state index contributed by atoms with van der Waals surface area (Å²) in [5.41, 5.74) is 1.28. The molecule has 1 aliphatic heterocycles. The van der Waals surface area contributed by atoms with Gasteiger partial charge in [-0.2, -0.15) is 0 Å². The first-order valence-corrected chi connectivity index (χ1v) is 5.03. The van der Waals surface area contributed by atoms with E-state index in [-0.39, 0.29) is 12.2 Å². The number of carbonyl (C=O) groups is 1. The predicted molar refractivity (Wildman–Crippen MR) is 54.1 cm³/mol. The zero-order chi connectivity index (χ0) is 9.80. The van der Waals surface area contributed by atoms with Gasteiger partial charge >= 0.3 is 0 Å². The van der Waals surface area contributed by atoms with E-state index in [0.29, 0.717) is 0 Å². The van der Waals surface area contributed by atoms with Gasteiger partial charge < -0.3 is 9.53 Å². The third kappa shape index (κ3) is 2.20. The topological polar surface area (TPSA) is 26.3 Å². The summed E-state index contributed by atoms with van der Waals surface area (Å²) < 4.78 is 5.55. The Morgan fingerprint density at radius 3 is 2.71 bits per heavy atom. The molecule has 0 amide bonds. The second-order valence-corrected chi connectivity index (χ2v) is 3.70. The smallest absolute Gasteiger partial charge is 0.148 e. The Kier molecular flexibility index (Phi) is 2.94. The summed E-state index contributed by atoms with van der Waals surface area (Å²) >= 11 is 0. The van der Waals surface area contributed by atoms with Gasteiger partial charge in [-0.1, -0.05) is 30.3 Å². The highest BCUT2D eigenvalue weighted by Gasteiger charge is 2.24. The van der Waals surface area contributed by atoms with Crippen LogP contribution in [0.15, 0.2) is 30.3 Å². The molecule has 0 radical (unpaired) electrons. The van der Waals surface area contributed by atoms with Gasteiger partial charge in [0.15, 0.2) is 0 Å². The van der Waals surface area contributed by atoms with Crippen molar-refractivity contribution in [3.8, 4) is 0 Å². The average Bonchev–Trinajstić information content (AvgIpc) is 2.67. The molecule has 1 saturated heterocycles. The van der Waals surface area contributed by atoms with E-state index < -0.39 is 0 Å². The minimum atomic E-state index is -0.163. The van der Waals surface area contributed by atoms with Crippen molar-refractivity contribution in [1.82, 2.24) is 0 Å². The molecule has 2 atom stereocenters. The minimum absolute atomic E-state index is 0.163. The molecular weight excluding hydrogens is 176 g/mol. The third-order valence-electron chi connectivity index (χ3n) is 2.60. The number of carbonyl (C=O) groups excluding carboxylic acids is 1. The maximum Gasteiger partial charge on any atom is 0.148 e. The number of hydrogen-bond donors (Lipinski definition) is 0. The Hall–Kier alpha value is -1.15. The zero-order valence-electron chi connectivity index (χ0n) is 8.06. The molecule has 2 unspecified atom stereocenters. The summed E-state index contributed by atoms with van der Waals surface area (Å²) in [6.07, 6.45) is 3.77. The molecule has 2 nitrogen and oxygen atoms in total. The molecule has 1 aliphatic rings. The van der Waals surface area contributed by atoms with Crippen molar-refractivity contribution in [3.05, 3.63) is 35.9 Å². The number of ether oxygens (including phenoxy) is 1.